The van der Waals surface area contributed by atoms with Crippen molar-refractivity contribution >= 4 is 51.6 Å². The van der Waals surface area contributed by atoms with Gasteiger partial charge >= 0.3 is 0 Å². The third-order valence-electron chi connectivity index (χ3n) is 4.09. The Morgan fingerprint density at radius 1 is 1.22 bits per heavy atom. The van der Waals surface area contributed by atoms with Crippen LogP contribution in [-0.4, -0.2) is 21.2 Å². The van der Waals surface area contributed by atoms with Crippen LogP contribution in [0.5, 0.6) is 0 Å². The molecule has 4 rings (SSSR count). The van der Waals surface area contributed by atoms with Crippen molar-refractivity contribution < 1.29 is 0 Å². The third-order valence-corrected chi connectivity index (χ3v) is 4.82. The van der Waals surface area contributed by atoms with Crippen LogP contribution < -0.4 is 10.2 Å². The van der Waals surface area contributed by atoms with E-state index in [4.69, 9.17) is 28.8 Å². The SMILES string of the molecule is Cc1ccc(NC(=S)N2CCn3c2nc2ccccc23)cc1Cl. The minimum atomic E-state index is 0.638. The van der Waals surface area contributed by atoms with Gasteiger partial charge in [0.2, 0.25) is 5.95 Å². The molecular weight excluding hydrogens is 328 g/mol. The maximum Gasteiger partial charge on any atom is 0.213 e. The molecule has 116 valence electrons. The van der Waals surface area contributed by atoms with Gasteiger partial charge in [-0.3, -0.25) is 4.90 Å². The summed E-state index contributed by atoms with van der Waals surface area (Å²) in [4.78, 5) is 6.74. The van der Waals surface area contributed by atoms with Crippen molar-refractivity contribution in [2.45, 2.75) is 13.5 Å². The van der Waals surface area contributed by atoms with Gasteiger partial charge in [0.1, 0.15) is 0 Å². The van der Waals surface area contributed by atoms with Crippen LogP contribution in [0.15, 0.2) is 42.5 Å². The first kappa shape index (κ1) is 14.5. The number of rotatable bonds is 1. The summed E-state index contributed by atoms with van der Waals surface area (Å²) in [6, 6.07) is 14.0. The van der Waals surface area contributed by atoms with Crippen LogP contribution in [0, 0.1) is 6.92 Å². The molecule has 1 aliphatic rings. The second-order valence-electron chi connectivity index (χ2n) is 5.60. The summed E-state index contributed by atoms with van der Waals surface area (Å²) in [6.07, 6.45) is 0. The summed E-state index contributed by atoms with van der Waals surface area (Å²) in [5.74, 6) is 0.891. The van der Waals surface area contributed by atoms with E-state index in [9.17, 15) is 0 Å². The fourth-order valence-electron chi connectivity index (χ4n) is 2.84. The van der Waals surface area contributed by atoms with Crippen molar-refractivity contribution in [3.63, 3.8) is 0 Å². The Hall–Kier alpha value is -2.11. The van der Waals surface area contributed by atoms with E-state index in [1.165, 1.54) is 0 Å². The number of hydrogen-bond donors (Lipinski definition) is 1. The third kappa shape index (κ3) is 2.46. The van der Waals surface area contributed by atoms with E-state index < -0.39 is 0 Å². The van der Waals surface area contributed by atoms with E-state index in [1.807, 2.05) is 48.2 Å². The lowest BCUT2D eigenvalue weighted by molar-refractivity contribution is 0.829. The summed E-state index contributed by atoms with van der Waals surface area (Å²) in [5, 5.41) is 4.62. The number of aryl methyl sites for hydroxylation is 1. The van der Waals surface area contributed by atoms with Gasteiger partial charge in [0.15, 0.2) is 5.11 Å². The molecule has 3 aromatic rings. The van der Waals surface area contributed by atoms with E-state index in [-0.39, 0.29) is 0 Å². The van der Waals surface area contributed by atoms with Crippen molar-refractivity contribution in [3.8, 4) is 0 Å². The fourth-order valence-corrected chi connectivity index (χ4v) is 3.31. The van der Waals surface area contributed by atoms with Crippen LogP contribution in [-0.2, 0) is 6.54 Å². The van der Waals surface area contributed by atoms with Crippen molar-refractivity contribution in [2.24, 2.45) is 0 Å². The van der Waals surface area contributed by atoms with Crippen LogP contribution in [0.25, 0.3) is 11.0 Å². The topological polar surface area (TPSA) is 33.1 Å². The summed E-state index contributed by atoms with van der Waals surface area (Å²) in [7, 11) is 0. The van der Waals surface area contributed by atoms with E-state index in [0.29, 0.717) is 5.11 Å². The van der Waals surface area contributed by atoms with Gasteiger partial charge in [-0.2, -0.15) is 0 Å². The molecule has 6 heteroatoms. The predicted molar refractivity (Wildman–Crippen MR) is 99.5 cm³/mol. The first-order valence-electron chi connectivity index (χ1n) is 7.43. The van der Waals surface area contributed by atoms with Gasteiger partial charge in [0.25, 0.3) is 0 Å². The standard InChI is InChI=1S/C17H15ClN4S/c1-11-6-7-12(10-13(11)18)19-17(23)22-9-8-21-15-5-3-2-4-14(15)20-16(21)22/h2-7,10H,8-9H2,1H3,(H,19,23). The van der Waals surface area contributed by atoms with Crippen molar-refractivity contribution in [3.05, 3.63) is 53.1 Å². The lowest BCUT2D eigenvalue weighted by atomic mass is 10.2. The minimum absolute atomic E-state index is 0.638. The molecule has 4 nitrogen and oxygen atoms in total. The Bertz CT molecular complexity index is 918. The van der Waals surface area contributed by atoms with Gasteiger partial charge in [0, 0.05) is 23.8 Å². The number of fused-ring (bicyclic) bond motifs is 3. The van der Waals surface area contributed by atoms with E-state index in [1.54, 1.807) is 0 Å². The van der Waals surface area contributed by atoms with Gasteiger partial charge in [-0.1, -0.05) is 29.8 Å². The second-order valence-corrected chi connectivity index (χ2v) is 6.39. The predicted octanol–water partition coefficient (Wildman–Crippen LogP) is 4.22. The normalized spacial score (nSPS) is 13.4. The van der Waals surface area contributed by atoms with Gasteiger partial charge in [-0.05, 0) is 49.0 Å². The Kier molecular flexibility index (Phi) is 3.47. The van der Waals surface area contributed by atoms with Crippen LogP contribution in [0.2, 0.25) is 5.02 Å². The molecule has 23 heavy (non-hydrogen) atoms. The summed E-state index contributed by atoms with van der Waals surface area (Å²) < 4.78 is 2.20. The van der Waals surface area contributed by atoms with Crippen LogP contribution in [0.3, 0.4) is 0 Å². The van der Waals surface area contributed by atoms with Crippen molar-refractivity contribution in [1.82, 2.24) is 9.55 Å². The highest BCUT2D eigenvalue weighted by atomic mass is 35.5. The molecular formula is C17H15ClN4S. The second kappa shape index (κ2) is 5.51. The number of nitrogens with zero attached hydrogens (tertiary/aromatic N) is 3. The maximum atomic E-state index is 6.18. The number of halogens is 1. The average Bonchev–Trinajstić information content (AvgIpc) is 3.09. The van der Waals surface area contributed by atoms with Crippen LogP contribution in [0.4, 0.5) is 11.6 Å². The van der Waals surface area contributed by atoms with Crippen molar-refractivity contribution in [2.75, 3.05) is 16.8 Å². The van der Waals surface area contributed by atoms with E-state index in [0.717, 1.165) is 46.3 Å². The zero-order valence-electron chi connectivity index (χ0n) is 12.6. The molecule has 0 fully saturated rings. The fraction of sp³-hybridized carbons (Fsp3) is 0.176. The lowest BCUT2D eigenvalue weighted by Gasteiger charge is -2.18. The number of benzene rings is 2. The Morgan fingerprint density at radius 2 is 2.04 bits per heavy atom. The average molecular weight is 343 g/mol. The van der Waals surface area contributed by atoms with Gasteiger partial charge in [0.05, 0.1) is 11.0 Å². The van der Waals surface area contributed by atoms with Gasteiger partial charge in [-0.15, -0.1) is 0 Å². The monoisotopic (exact) mass is 342 g/mol. The number of para-hydroxylation sites is 2. The highest BCUT2D eigenvalue weighted by molar-refractivity contribution is 7.80. The number of imidazole rings is 1. The highest BCUT2D eigenvalue weighted by Gasteiger charge is 2.26. The molecule has 1 N–H and O–H groups in total. The largest absolute Gasteiger partial charge is 0.332 e. The maximum absolute atomic E-state index is 6.18. The molecule has 0 saturated carbocycles. The molecule has 1 aromatic heterocycles. The zero-order chi connectivity index (χ0) is 16.0. The number of aromatic nitrogens is 2. The highest BCUT2D eigenvalue weighted by Crippen LogP contribution is 2.28. The molecule has 0 amide bonds. The molecule has 2 aromatic carbocycles. The molecule has 0 spiro atoms. The minimum Gasteiger partial charge on any atom is -0.332 e. The molecule has 0 unspecified atom stereocenters. The summed E-state index contributed by atoms with van der Waals surface area (Å²) in [5.41, 5.74) is 4.07. The lowest BCUT2D eigenvalue weighted by Crippen LogP contribution is -2.33. The van der Waals surface area contributed by atoms with Crippen LogP contribution in [0.1, 0.15) is 5.56 Å². The molecule has 0 bridgehead atoms. The number of anilines is 2. The van der Waals surface area contributed by atoms with Gasteiger partial charge < -0.3 is 9.88 Å². The van der Waals surface area contributed by atoms with Gasteiger partial charge in [-0.25, -0.2) is 4.98 Å². The molecule has 0 saturated heterocycles. The summed E-state index contributed by atoms with van der Waals surface area (Å²) in [6.45, 7) is 3.68. The Labute approximate surface area is 144 Å². The van der Waals surface area contributed by atoms with Crippen LogP contribution >= 0.6 is 23.8 Å². The number of thiocarbonyl (C=S) groups is 1. The molecule has 0 atom stereocenters. The van der Waals surface area contributed by atoms with Crippen molar-refractivity contribution in [1.29, 1.82) is 0 Å². The number of nitrogens with one attached hydrogen (secondary N) is 1. The Morgan fingerprint density at radius 3 is 2.87 bits per heavy atom. The van der Waals surface area contributed by atoms with E-state index in [2.05, 4.69) is 16.0 Å². The zero-order valence-corrected chi connectivity index (χ0v) is 14.2. The summed E-state index contributed by atoms with van der Waals surface area (Å²) >= 11 is 11.7. The van der Waals surface area contributed by atoms with E-state index >= 15 is 0 Å². The quantitative estimate of drug-likeness (QED) is 0.671. The molecule has 1 aliphatic heterocycles. The molecule has 2 heterocycles. The number of hydrogen-bond acceptors (Lipinski definition) is 2. The molecule has 0 aliphatic carbocycles. The molecule has 0 radical (unpaired) electrons. The smallest absolute Gasteiger partial charge is 0.213 e. The first-order chi connectivity index (χ1) is 11.1. The first-order valence-corrected chi connectivity index (χ1v) is 8.22. The Balaban J connectivity index is 1.62.